The van der Waals surface area contributed by atoms with Gasteiger partial charge in [-0.15, -0.1) is 0 Å². The van der Waals surface area contributed by atoms with Gasteiger partial charge in [-0.25, -0.2) is 4.79 Å². The molecule has 11 heteroatoms. The maximum atomic E-state index is 13.6. The molecule has 3 atom stereocenters. The van der Waals surface area contributed by atoms with Crippen molar-refractivity contribution in [1.29, 1.82) is 0 Å². The normalized spacial score (nSPS) is 13.2. The van der Waals surface area contributed by atoms with Crippen LogP contribution in [0.5, 0.6) is 0 Å². The molecular formula is C33H33N3O6S2. The number of carbonyl (C=O) groups excluding carboxylic acids is 4. The van der Waals surface area contributed by atoms with Crippen LogP contribution in [0, 0.1) is 5.92 Å². The highest BCUT2D eigenvalue weighted by Gasteiger charge is 2.33. The molecule has 4 aromatic rings. The molecule has 44 heavy (non-hydrogen) atoms. The summed E-state index contributed by atoms with van der Waals surface area (Å²) in [6, 6.07) is 22.2. The molecule has 0 aliphatic carbocycles. The number of amides is 2. The summed E-state index contributed by atoms with van der Waals surface area (Å²) < 4.78 is 0. The number of nitrogens with one attached hydrogen (secondary N) is 3. The quantitative estimate of drug-likeness (QED) is 0.162. The first kappa shape index (κ1) is 32.6. The summed E-state index contributed by atoms with van der Waals surface area (Å²) in [5.74, 6) is -2.91. The fourth-order valence-electron chi connectivity index (χ4n) is 4.51. The average Bonchev–Trinajstić information content (AvgIpc) is 3.44. The number of aromatic nitrogens is 1. The second-order valence-electron chi connectivity index (χ2n) is 10.4. The molecule has 4 N–H and O–H groups in total. The van der Waals surface area contributed by atoms with E-state index in [1.807, 2.05) is 24.3 Å². The van der Waals surface area contributed by atoms with E-state index in [2.05, 4.69) is 15.6 Å². The van der Waals surface area contributed by atoms with Gasteiger partial charge in [-0.1, -0.05) is 116 Å². The molecule has 9 nitrogen and oxygen atoms in total. The molecule has 0 saturated carbocycles. The molecule has 4 rings (SSSR count). The molecule has 1 heterocycles. The van der Waals surface area contributed by atoms with Crippen molar-refractivity contribution in [2.75, 3.05) is 5.75 Å². The molecule has 3 aromatic carbocycles. The minimum Gasteiger partial charge on any atom is -0.480 e. The third-order valence-electron chi connectivity index (χ3n) is 6.89. The highest BCUT2D eigenvalue weighted by atomic mass is 32.2. The number of aromatic amines is 1. The zero-order valence-corrected chi connectivity index (χ0v) is 25.8. The Morgan fingerprint density at radius 3 is 1.98 bits per heavy atom. The van der Waals surface area contributed by atoms with Gasteiger partial charge >= 0.3 is 5.97 Å². The van der Waals surface area contributed by atoms with Gasteiger partial charge in [0, 0.05) is 40.4 Å². The van der Waals surface area contributed by atoms with Crippen LogP contribution in [0.1, 0.15) is 40.1 Å². The van der Waals surface area contributed by atoms with Crippen molar-refractivity contribution in [3.05, 3.63) is 108 Å². The predicted octanol–water partition coefficient (Wildman–Crippen LogP) is 4.94. The smallest absolute Gasteiger partial charge is 0.326 e. The number of benzene rings is 3. The first-order valence-electron chi connectivity index (χ1n) is 14.0. The van der Waals surface area contributed by atoms with E-state index in [0.717, 1.165) is 40.0 Å². The number of carbonyl (C=O) groups is 5. The van der Waals surface area contributed by atoms with Gasteiger partial charge in [0.05, 0.1) is 0 Å². The molecule has 0 saturated heterocycles. The highest BCUT2D eigenvalue weighted by Crippen LogP contribution is 2.25. The SMILES string of the molecule is CC(C)C(NC(=O)[C@@H](CSC(=O)c1ccccc1)SC(=O)c1ccccc1)C(=O)NC(Cc1c[nH]c2ccccc12)C(=O)O. The molecule has 228 valence electrons. The van der Waals surface area contributed by atoms with Gasteiger partial charge in [-0.3, -0.25) is 19.2 Å². The van der Waals surface area contributed by atoms with Crippen LogP contribution in [0.4, 0.5) is 0 Å². The molecule has 0 bridgehead atoms. The zero-order chi connectivity index (χ0) is 31.6. The fraction of sp³-hybridized carbons (Fsp3) is 0.242. The minimum absolute atomic E-state index is 0.0203. The molecule has 1 aromatic heterocycles. The average molecular weight is 632 g/mol. The van der Waals surface area contributed by atoms with Gasteiger partial charge in [-0.05, 0) is 17.5 Å². The Labute approximate surface area is 263 Å². The monoisotopic (exact) mass is 631 g/mol. The van der Waals surface area contributed by atoms with Gasteiger partial charge in [0.1, 0.15) is 17.3 Å². The number of rotatable bonds is 13. The summed E-state index contributed by atoms with van der Waals surface area (Å²) in [6.45, 7) is 3.45. The molecule has 0 fully saturated rings. The standard InChI is InChI=1S/C33H33N3O6S2/c1-20(2)28(30(38)35-26(31(39)40)17-23-18-34-25-16-10-9-15-24(23)25)36-29(37)27(44-33(42)22-13-7-4-8-14-22)19-43-32(41)21-11-5-3-6-12-21/h3-16,18,20,26-28,34H,17,19H2,1-2H3,(H,35,38)(H,36,37)(H,39,40)/t26?,27-,28?/m1/s1. The number of fused-ring (bicyclic) bond motifs is 1. The van der Waals surface area contributed by atoms with Crippen molar-refractivity contribution in [3.8, 4) is 0 Å². The van der Waals surface area contributed by atoms with E-state index in [1.54, 1.807) is 80.7 Å². The lowest BCUT2D eigenvalue weighted by molar-refractivity contribution is -0.142. The number of hydrogen-bond donors (Lipinski definition) is 4. The fourth-order valence-corrected chi connectivity index (χ4v) is 6.45. The second kappa shape index (κ2) is 15.4. The summed E-state index contributed by atoms with van der Waals surface area (Å²) in [5.41, 5.74) is 2.44. The lowest BCUT2D eigenvalue weighted by atomic mass is 10.0. The first-order chi connectivity index (χ1) is 21.1. The van der Waals surface area contributed by atoms with Crippen LogP contribution in [-0.2, 0) is 20.8 Å². The summed E-state index contributed by atoms with van der Waals surface area (Å²) in [7, 11) is 0. The molecular weight excluding hydrogens is 599 g/mol. The topological polar surface area (TPSA) is 145 Å². The largest absolute Gasteiger partial charge is 0.480 e. The first-order valence-corrected chi connectivity index (χ1v) is 15.9. The van der Waals surface area contributed by atoms with Crippen LogP contribution in [0.25, 0.3) is 10.9 Å². The molecule has 2 amide bonds. The highest BCUT2D eigenvalue weighted by molar-refractivity contribution is 8.18. The van der Waals surface area contributed by atoms with Gasteiger partial charge in [0.2, 0.25) is 22.0 Å². The number of carboxylic acids is 1. The van der Waals surface area contributed by atoms with Crippen LogP contribution in [-0.4, -0.2) is 61.2 Å². The Kier molecular flexibility index (Phi) is 11.4. The van der Waals surface area contributed by atoms with E-state index in [-0.39, 0.29) is 22.4 Å². The van der Waals surface area contributed by atoms with Crippen molar-refractivity contribution in [2.45, 2.75) is 37.6 Å². The molecule has 0 aliphatic heterocycles. The lowest BCUT2D eigenvalue weighted by Gasteiger charge is -2.26. The van der Waals surface area contributed by atoms with Gasteiger partial charge in [0.25, 0.3) is 0 Å². The maximum absolute atomic E-state index is 13.6. The van der Waals surface area contributed by atoms with Crippen molar-refractivity contribution >= 4 is 62.4 Å². The van der Waals surface area contributed by atoms with Crippen LogP contribution >= 0.6 is 23.5 Å². The van der Waals surface area contributed by atoms with E-state index in [9.17, 15) is 29.1 Å². The summed E-state index contributed by atoms with van der Waals surface area (Å²) in [4.78, 5) is 68.1. The third-order valence-corrected chi connectivity index (χ3v) is 9.21. The van der Waals surface area contributed by atoms with E-state index >= 15 is 0 Å². The molecule has 2 unspecified atom stereocenters. The Morgan fingerprint density at radius 2 is 1.36 bits per heavy atom. The Bertz CT molecular complexity index is 1620. The van der Waals surface area contributed by atoms with Crippen molar-refractivity contribution in [1.82, 2.24) is 15.6 Å². The van der Waals surface area contributed by atoms with Crippen LogP contribution in [0.2, 0.25) is 0 Å². The second-order valence-corrected chi connectivity index (χ2v) is 12.6. The van der Waals surface area contributed by atoms with E-state index in [4.69, 9.17) is 0 Å². The van der Waals surface area contributed by atoms with Gasteiger partial charge < -0.3 is 20.7 Å². The number of thioether (sulfide) groups is 2. The number of H-pyrrole nitrogens is 1. The minimum atomic E-state index is -1.25. The third kappa shape index (κ3) is 8.61. The Balaban J connectivity index is 1.48. The number of aliphatic carboxylic acids is 1. The van der Waals surface area contributed by atoms with Crippen molar-refractivity contribution in [2.24, 2.45) is 5.92 Å². The summed E-state index contributed by atoms with van der Waals surface area (Å²) in [5, 5.41) is 14.5. The van der Waals surface area contributed by atoms with Crippen molar-refractivity contribution < 1.29 is 29.1 Å². The summed E-state index contributed by atoms with van der Waals surface area (Å²) >= 11 is 1.69. The maximum Gasteiger partial charge on any atom is 0.326 e. The van der Waals surface area contributed by atoms with E-state index < -0.39 is 41.0 Å². The predicted molar refractivity (Wildman–Crippen MR) is 174 cm³/mol. The number of hydrogen-bond acceptors (Lipinski definition) is 7. The van der Waals surface area contributed by atoms with Gasteiger partial charge in [0.15, 0.2) is 0 Å². The summed E-state index contributed by atoms with van der Waals surface area (Å²) in [6.07, 6.45) is 1.75. The van der Waals surface area contributed by atoms with Crippen LogP contribution in [0.15, 0.2) is 91.1 Å². The lowest BCUT2D eigenvalue weighted by Crippen LogP contribution is -2.55. The number of para-hydroxylation sites is 1. The van der Waals surface area contributed by atoms with Crippen LogP contribution in [0.3, 0.4) is 0 Å². The molecule has 0 spiro atoms. The number of carboxylic acid groups (broad SMARTS) is 1. The molecule has 0 radical (unpaired) electrons. The van der Waals surface area contributed by atoms with Crippen LogP contribution < -0.4 is 10.6 Å². The van der Waals surface area contributed by atoms with Gasteiger partial charge in [-0.2, -0.15) is 0 Å². The zero-order valence-electron chi connectivity index (χ0n) is 24.2. The van der Waals surface area contributed by atoms with Crippen molar-refractivity contribution in [3.63, 3.8) is 0 Å². The van der Waals surface area contributed by atoms with E-state index in [1.165, 1.54) is 0 Å². The Morgan fingerprint density at radius 1 is 0.773 bits per heavy atom. The van der Waals surface area contributed by atoms with E-state index in [0.29, 0.717) is 11.1 Å². The Hall–Kier alpha value is -4.35. The molecule has 0 aliphatic rings.